The van der Waals surface area contributed by atoms with Crippen molar-refractivity contribution in [2.45, 2.75) is 39.7 Å². The van der Waals surface area contributed by atoms with Crippen LogP contribution in [0, 0.1) is 25.1 Å². The third kappa shape index (κ3) is 3.67. The van der Waals surface area contributed by atoms with E-state index >= 15 is 0 Å². The molecule has 4 rings (SSSR count). The molecule has 2 saturated heterocycles. The average molecular weight is 392 g/mol. The van der Waals surface area contributed by atoms with Gasteiger partial charge in [-0.25, -0.2) is 17.5 Å². The van der Waals surface area contributed by atoms with Crippen LogP contribution in [0.25, 0.3) is 5.69 Å². The van der Waals surface area contributed by atoms with Crippen molar-refractivity contribution in [3.63, 3.8) is 0 Å². The van der Waals surface area contributed by atoms with E-state index < -0.39 is 9.84 Å². The topological polar surface area (TPSA) is 55.2 Å². The maximum atomic E-state index is 13.2. The summed E-state index contributed by atoms with van der Waals surface area (Å²) in [6.07, 6.45) is 2.84. The molecule has 1 atom stereocenters. The van der Waals surface area contributed by atoms with Gasteiger partial charge in [0.2, 0.25) is 0 Å². The summed E-state index contributed by atoms with van der Waals surface area (Å²) in [5.41, 5.74) is 3.98. The van der Waals surface area contributed by atoms with Gasteiger partial charge in [-0.05, 0) is 69.3 Å². The largest absolute Gasteiger partial charge is 0.298 e. The zero-order valence-electron chi connectivity index (χ0n) is 15.9. The molecule has 5 nitrogen and oxygen atoms in total. The first-order chi connectivity index (χ1) is 12.8. The monoisotopic (exact) mass is 391 g/mol. The van der Waals surface area contributed by atoms with E-state index in [0.717, 1.165) is 56.0 Å². The first-order valence-electron chi connectivity index (χ1n) is 9.51. The molecule has 2 aromatic rings. The van der Waals surface area contributed by atoms with E-state index in [0.29, 0.717) is 11.5 Å². The number of aryl methyl sites for hydroxylation is 1. The van der Waals surface area contributed by atoms with Crippen molar-refractivity contribution in [3.05, 3.63) is 47.0 Å². The Morgan fingerprint density at radius 2 is 1.93 bits per heavy atom. The average Bonchev–Trinajstić information content (AvgIpc) is 3.06. The summed E-state index contributed by atoms with van der Waals surface area (Å²) in [4.78, 5) is 2.39. The second kappa shape index (κ2) is 6.71. The predicted octanol–water partition coefficient (Wildman–Crippen LogP) is 3.03. The molecular weight excluding hydrogens is 365 g/mol. The molecule has 0 bridgehead atoms. The highest BCUT2D eigenvalue weighted by Gasteiger charge is 2.44. The van der Waals surface area contributed by atoms with Crippen LogP contribution in [-0.4, -0.2) is 47.7 Å². The molecule has 0 saturated carbocycles. The van der Waals surface area contributed by atoms with Crippen molar-refractivity contribution in [2.24, 2.45) is 5.41 Å². The Balaban J connectivity index is 1.55. The number of sulfone groups is 1. The molecule has 2 aliphatic rings. The smallest absolute Gasteiger partial charge is 0.150 e. The second-order valence-corrected chi connectivity index (χ2v) is 10.4. The highest BCUT2D eigenvalue weighted by Crippen LogP contribution is 2.40. The number of rotatable bonds is 3. The Bertz CT molecular complexity index is 952. The first-order valence-corrected chi connectivity index (χ1v) is 11.3. The highest BCUT2D eigenvalue weighted by atomic mass is 32.2. The van der Waals surface area contributed by atoms with Crippen molar-refractivity contribution >= 4 is 9.84 Å². The zero-order chi connectivity index (χ0) is 19.2. The number of halogens is 1. The summed E-state index contributed by atoms with van der Waals surface area (Å²) in [6.45, 7) is 6.65. The molecule has 27 heavy (non-hydrogen) atoms. The highest BCUT2D eigenvalue weighted by molar-refractivity contribution is 7.91. The summed E-state index contributed by atoms with van der Waals surface area (Å²) in [7, 11) is -2.88. The molecule has 1 aromatic carbocycles. The van der Waals surface area contributed by atoms with Crippen LogP contribution in [0.1, 0.15) is 36.2 Å². The van der Waals surface area contributed by atoms with Gasteiger partial charge in [0.05, 0.1) is 22.9 Å². The number of likely N-dealkylation sites (tertiary alicyclic amines) is 1. The molecule has 0 N–H and O–H groups in total. The van der Waals surface area contributed by atoms with Crippen molar-refractivity contribution in [3.8, 4) is 5.69 Å². The Kier molecular flexibility index (Phi) is 4.63. The number of benzene rings is 1. The third-order valence-electron chi connectivity index (χ3n) is 6.10. The molecule has 1 unspecified atom stereocenters. The maximum Gasteiger partial charge on any atom is 0.150 e. The Morgan fingerprint density at radius 3 is 2.59 bits per heavy atom. The van der Waals surface area contributed by atoms with Crippen LogP contribution >= 0.6 is 0 Å². The van der Waals surface area contributed by atoms with E-state index in [-0.39, 0.29) is 11.2 Å². The van der Waals surface area contributed by atoms with E-state index in [1.165, 1.54) is 17.7 Å². The van der Waals surface area contributed by atoms with E-state index in [2.05, 4.69) is 10.00 Å². The summed E-state index contributed by atoms with van der Waals surface area (Å²) < 4.78 is 39.1. The van der Waals surface area contributed by atoms with Crippen LogP contribution in [0.4, 0.5) is 4.39 Å². The standard InChI is InChI=1S/C20H26FN3O2S/c1-15-19(16(2)24(22-15)18-6-4-17(21)5-7-18)12-23-10-3-8-20(13-23)9-11-27(25,26)14-20/h4-7H,3,8-14H2,1-2H3. The van der Waals surface area contributed by atoms with Crippen LogP contribution in [0.15, 0.2) is 24.3 Å². The SMILES string of the molecule is Cc1nn(-c2ccc(F)cc2)c(C)c1CN1CCCC2(CCS(=O)(=O)C2)C1. The van der Waals surface area contributed by atoms with Crippen LogP contribution in [-0.2, 0) is 16.4 Å². The Morgan fingerprint density at radius 1 is 1.19 bits per heavy atom. The van der Waals surface area contributed by atoms with Gasteiger partial charge in [0.15, 0.2) is 9.84 Å². The molecule has 0 amide bonds. The van der Waals surface area contributed by atoms with Crippen LogP contribution in [0.2, 0.25) is 0 Å². The molecule has 2 fully saturated rings. The molecule has 1 aromatic heterocycles. The van der Waals surface area contributed by atoms with Crippen LogP contribution < -0.4 is 0 Å². The number of aromatic nitrogens is 2. The van der Waals surface area contributed by atoms with Gasteiger partial charge in [-0.1, -0.05) is 0 Å². The Hall–Kier alpha value is -1.73. The minimum absolute atomic E-state index is 0.0636. The normalized spacial score (nSPS) is 25.3. The molecule has 3 heterocycles. The number of nitrogens with zero attached hydrogens (tertiary/aromatic N) is 3. The minimum Gasteiger partial charge on any atom is -0.298 e. The second-order valence-electron chi connectivity index (χ2n) is 8.19. The molecule has 1 spiro atoms. The fourth-order valence-corrected chi connectivity index (χ4v) is 6.91. The van der Waals surface area contributed by atoms with Gasteiger partial charge in [-0.2, -0.15) is 5.10 Å². The fraction of sp³-hybridized carbons (Fsp3) is 0.550. The van der Waals surface area contributed by atoms with E-state index in [4.69, 9.17) is 0 Å². The van der Waals surface area contributed by atoms with Gasteiger partial charge in [0.1, 0.15) is 5.82 Å². The first kappa shape index (κ1) is 18.6. The quantitative estimate of drug-likeness (QED) is 0.807. The van der Waals surface area contributed by atoms with Crippen molar-refractivity contribution in [1.82, 2.24) is 14.7 Å². The Labute approximate surface area is 160 Å². The predicted molar refractivity (Wildman–Crippen MR) is 103 cm³/mol. The van der Waals surface area contributed by atoms with Gasteiger partial charge in [0, 0.05) is 24.3 Å². The molecule has 2 aliphatic heterocycles. The fourth-order valence-electron chi connectivity index (χ4n) is 4.71. The molecule has 146 valence electrons. The van der Waals surface area contributed by atoms with Gasteiger partial charge in [-0.3, -0.25) is 4.90 Å². The summed E-state index contributed by atoms with van der Waals surface area (Å²) >= 11 is 0. The number of piperidine rings is 1. The van der Waals surface area contributed by atoms with Gasteiger partial charge >= 0.3 is 0 Å². The van der Waals surface area contributed by atoms with Gasteiger partial charge in [-0.15, -0.1) is 0 Å². The zero-order valence-corrected chi connectivity index (χ0v) is 16.7. The molecule has 0 aliphatic carbocycles. The lowest BCUT2D eigenvalue weighted by atomic mass is 9.79. The third-order valence-corrected chi connectivity index (χ3v) is 7.98. The maximum absolute atomic E-state index is 13.2. The summed E-state index contributed by atoms with van der Waals surface area (Å²) in [6, 6.07) is 6.36. The lowest BCUT2D eigenvalue weighted by molar-refractivity contribution is 0.102. The molecule has 7 heteroatoms. The number of hydrogen-bond acceptors (Lipinski definition) is 4. The summed E-state index contributed by atoms with van der Waals surface area (Å²) in [5.74, 6) is 0.413. The van der Waals surface area contributed by atoms with E-state index in [1.54, 1.807) is 12.1 Å². The van der Waals surface area contributed by atoms with Crippen molar-refractivity contribution in [1.29, 1.82) is 0 Å². The summed E-state index contributed by atoms with van der Waals surface area (Å²) in [5, 5.41) is 4.66. The molecule has 0 radical (unpaired) electrons. The van der Waals surface area contributed by atoms with Crippen molar-refractivity contribution in [2.75, 3.05) is 24.6 Å². The van der Waals surface area contributed by atoms with Gasteiger partial charge in [0.25, 0.3) is 0 Å². The lowest BCUT2D eigenvalue weighted by Gasteiger charge is -2.39. The van der Waals surface area contributed by atoms with Gasteiger partial charge < -0.3 is 0 Å². The number of hydrogen-bond donors (Lipinski definition) is 0. The van der Waals surface area contributed by atoms with Crippen LogP contribution in [0.5, 0.6) is 0 Å². The van der Waals surface area contributed by atoms with Crippen LogP contribution in [0.3, 0.4) is 0 Å². The van der Waals surface area contributed by atoms with E-state index in [9.17, 15) is 12.8 Å². The minimum atomic E-state index is -2.88. The molecular formula is C20H26FN3O2S. The lowest BCUT2D eigenvalue weighted by Crippen LogP contribution is -2.43. The van der Waals surface area contributed by atoms with Crippen molar-refractivity contribution < 1.29 is 12.8 Å². The van der Waals surface area contributed by atoms with E-state index in [1.807, 2.05) is 18.5 Å².